The molecule has 1 amide bonds. The van der Waals surface area contributed by atoms with E-state index in [0.717, 1.165) is 11.1 Å². The summed E-state index contributed by atoms with van der Waals surface area (Å²) in [6.07, 6.45) is 0.426. The number of nitro benzene ring substituents is 1. The van der Waals surface area contributed by atoms with Gasteiger partial charge in [0.05, 0.1) is 10.3 Å². The number of hydrogen-bond donors (Lipinski definition) is 1. The molecule has 124 valence electrons. The molecule has 24 heavy (non-hydrogen) atoms. The minimum Gasteiger partial charge on any atom is -0.326 e. The number of carbonyl (C=O) groups excluding carboxylic acids is 1. The molecule has 0 unspecified atom stereocenters. The summed E-state index contributed by atoms with van der Waals surface area (Å²) < 4.78 is -1.00. The molecule has 0 bridgehead atoms. The third-order valence-corrected chi connectivity index (χ3v) is 5.41. The van der Waals surface area contributed by atoms with Crippen LogP contribution in [0.1, 0.15) is 13.3 Å². The predicted octanol–water partition coefficient (Wildman–Crippen LogP) is 4.78. The summed E-state index contributed by atoms with van der Waals surface area (Å²) in [7, 11) is 0. The third kappa shape index (κ3) is 2.97. The zero-order valence-electron chi connectivity index (χ0n) is 12.8. The van der Waals surface area contributed by atoms with Gasteiger partial charge in [0, 0.05) is 17.8 Å². The zero-order chi connectivity index (χ0) is 17.5. The molecule has 5 nitrogen and oxygen atoms in total. The average Bonchev–Trinajstić information content (AvgIpc) is 3.08. The number of anilines is 1. The van der Waals surface area contributed by atoms with E-state index >= 15 is 0 Å². The maximum Gasteiger partial charge on any atom is 0.269 e. The maximum absolute atomic E-state index is 12.2. The van der Waals surface area contributed by atoms with Crippen LogP contribution in [-0.4, -0.2) is 15.2 Å². The van der Waals surface area contributed by atoms with Crippen molar-refractivity contribution < 1.29 is 9.72 Å². The van der Waals surface area contributed by atoms with Gasteiger partial charge >= 0.3 is 0 Å². The van der Waals surface area contributed by atoms with Crippen molar-refractivity contribution in [1.29, 1.82) is 0 Å². The molecule has 0 aliphatic heterocycles. The van der Waals surface area contributed by atoms with Crippen LogP contribution in [0.2, 0.25) is 0 Å². The van der Waals surface area contributed by atoms with Gasteiger partial charge in [-0.2, -0.15) is 0 Å². The van der Waals surface area contributed by atoms with E-state index < -0.39 is 14.7 Å². The summed E-state index contributed by atoms with van der Waals surface area (Å²) >= 11 is 12.0. The quantitative estimate of drug-likeness (QED) is 0.481. The van der Waals surface area contributed by atoms with Crippen LogP contribution in [-0.2, 0) is 4.79 Å². The molecule has 1 aliphatic rings. The van der Waals surface area contributed by atoms with E-state index in [0.29, 0.717) is 12.1 Å². The molecule has 1 aliphatic carbocycles. The average molecular weight is 365 g/mol. The number of carbonyl (C=O) groups is 1. The highest BCUT2D eigenvalue weighted by Gasteiger charge is 2.67. The molecule has 0 heterocycles. The standard InChI is InChI=1S/C17H14Cl2N2O3/c1-16(10-17(16,18)19)15(22)20-13-6-2-11(3-7-13)12-4-8-14(9-5-12)21(23)24/h2-9H,10H2,1H3,(H,20,22)/t16-/m1/s1. The molecule has 0 spiro atoms. The molecule has 3 rings (SSSR count). The summed E-state index contributed by atoms with van der Waals surface area (Å²) in [5.41, 5.74) is 1.67. The first-order valence-corrected chi connectivity index (χ1v) is 8.03. The maximum atomic E-state index is 12.2. The van der Waals surface area contributed by atoms with Gasteiger partial charge in [0.25, 0.3) is 5.69 Å². The minimum absolute atomic E-state index is 0.0472. The number of nitrogens with one attached hydrogen (secondary N) is 1. The summed E-state index contributed by atoms with van der Waals surface area (Å²) in [4.78, 5) is 22.5. The molecule has 1 N–H and O–H groups in total. The van der Waals surface area contributed by atoms with Crippen molar-refractivity contribution in [3.63, 3.8) is 0 Å². The van der Waals surface area contributed by atoms with Gasteiger partial charge in [-0.25, -0.2) is 0 Å². The molecule has 7 heteroatoms. The van der Waals surface area contributed by atoms with E-state index in [4.69, 9.17) is 23.2 Å². The Bertz CT molecular complexity index is 804. The highest BCUT2D eigenvalue weighted by Crippen LogP contribution is 2.64. The first-order valence-electron chi connectivity index (χ1n) is 7.27. The van der Waals surface area contributed by atoms with Crippen LogP contribution in [0.15, 0.2) is 48.5 Å². The van der Waals surface area contributed by atoms with E-state index in [2.05, 4.69) is 5.32 Å². The molecule has 1 saturated carbocycles. The molecular weight excluding hydrogens is 351 g/mol. The van der Waals surface area contributed by atoms with E-state index in [-0.39, 0.29) is 11.6 Å². The third-order valence-electron chi connectivity index (χ3n) is 4.31. The van der Waals surface area contributed by atoms with Gasteiger partial charge in [-0.05, 0) is 48.7 Å². The number of amides is 1. The number of halogens is 2. The molecule has 1 fully saturated rings. The number of rotatable bonds is 4. The second kappa shape index (κ2) is 5.76. The second-order valence-electron chi connectivity index (χ2n) is 6.05. The number of nitrogens with zero attached hydrogens (tertiary/aromatic N) is 1. The van der Waals surface area contributed by atoms with Gasteiger partial charge < -0.3 is 5.32 Å². The Kier molecular flexibility index (Phi) is 4.01. The first kappa shape index (κ1) is 16.7. The Morgan fingerprint density at radius 3 is 1.96 bits per heavy atom. The largest absolute Gasteiger partial charge is 0.326 e. The van der Waals surface area contributed by atoms with Crippen LogP contribution >= 0.6 is 23.2 Å². The lowest BCUT2D eigenvalue weighted by atomic mass is 10.0. The van der Waals surface area contributed by atoms with Gasteiger partial charge in [0.2, 0.25) is 5.91 Å². The topological polar surface area (TPSA) is 72.2 Å². The second-order valence-corrected chi connectivity index (χ2v) is 7.53. The van der Waals surface area contributed by atoms with Crippen molar-refractivity contribution in [1.82, 2.24) is 0 Å². The lowest BCUT2D eigenvalue weighted by Crippen LogP contribution is -2.25. The van der Waals surface area contributed by atoms with Crippen molar-refractivity contribution in [3.05, 3.63) is 58.6 Å². The highest BCUT2D eigenvalue weighted by molar-refractivity contribution is 6.53. The minimum atomic E-state index is -1.00. The Labute approximate surface area is 148 Å². The molecule has 2 aromatic rings. The van der Waals surface area contributed by atoms with Crippen LogP contribution in [0.3, 0.4) is 0 Å². The van der Waals surface area contributed by atoms with Crippen LogP contribution in [0.25, 0.3) is 11.1 Å². The van der Waals surface area contributed by atoms with Crippen LogP contribution in [0.4, 0.5) is 11.4 Å². The number of non-ortho nitro benzene ring substituents is 1. The summed E-state index contributed by atoms with van der Waals surface area (Å²) in [6.45, 7) is 1.73. The van der Waals surface area contributed by atoms with E-state index in [1.165, 1.54) is 12.1 Å². The number of benzene rings is 2. The highest BCUT2D eigenvalue weighted by atomic mass is 35.5. The fourth-order valence-electron chi connectivity index (χ4n) is 2.44. The van der Waals surface area contributed by atoms with Gasteiger partial charge in [0.15, 0.2) is 0 Å². The van der Waals surface area contributed by atoms with E-state index in [1.54, 1.807) is 31.2 Å². The van der Waals surface area contributed by atoms with Crippen molar-refractivity contribution in [3.8, 4) is 11.1 Å². The number of alkyl halides is 2. The number of hydrogen-bond acceptors (Lipinski definition) is 3. The van der Waals surface area contributed by atoms with Gasteiger partial charge in [-0.15, -0.1) is 23.2 Å². The van der Waals surface area contributed by atoms with E-state index in [1.807, 2.05) is 12.1 Å². The molecular formula is C17H14Cl2N2O3. The normalized spacial score (nSPS) is 21.1. The molecule has 1 atom stereocenters. The van der Waals surface area contributed by atoms with Crippen molar-refractivity contribution in [2.75, 3.05) is 5.32 Å². The van der Waals surface area contributed by atoms with Crippen molar-refractivity contribution >= 4 is 40.5 Å². The van der Waals surface area contributed by atoms with Crippen molar-refractivity contribution in [2.45, 2.75) is 17.7 Å². The smallest absolute Gasteiger partial charge is 0.269 e. The molecule has 0 radical (unpaired) electrons. The van der Waals surface area contributed by atoms with E-state index in [9.17, 15) is 14.9 Å². The zero-order valence-corrected chi connectivity index (χ0v) is 14.3. The lowest BCUT2D eigenvalue weighted by molar-refractivity contribution is -0.384. The molecule has 0 saturated heterocycles. The van der Waals surface area contributed by atoms with Gasteiger partial charge in [0.1, 0.15) is 4.33 Å². The predicted molar refractivity (Wildman–Crippen MR) is 94.3 cm³/mol. The van der Waals surface area contributed by atoms with Crippen molar-refractivity contribution in [2.24, 2.45) is 5.41 Å². The fourth-order valence-corrected chi connectivity index (χ4v) is 3.14. The Hall–Kier alpha value is -2.11. The SMILES string of the molecule is C[C@]1(C(=O)Nc2ccc(-c3ccc([N+](=O)[O-])cc3)cc2)CC1(Cl)Cl. The monoisotopic (exact) mass is 364 g/mol. The summed E-state index contributed by atoms with van der Waals surface area (Å²) in [6, 6.07) is 13.5. The Morgan fingerprint density at radius 1 is 1.08 bits per heavy atom. The lowest BCUT2D eigenvalue weighted by Gasteiger charge is -2.13. The van der Waals surface area contributed by atoms with Crippen LogP contribution in [0, 0.1) is 15.5 Å². The summed E-state index contributed by atoms with van der Waals surface area (Å²) in [5, 5.41) is 13.5. The summed E-state index contributed by atoms with van der Waals surface area (Å²) in [5.74, 6) is -0.212. The van der Waals surface area contributed by atoms with Gasteiger partial charge in [-0.1, -0.05) is 12.1 Å². The molecule has 0 aromatic heterocycles. The Balaban J connectivity index is 1.72. The molecule has 2 aromatic carbocycles. The van der Waals surface area contributed by atoms with Crippen LogP contribution in [0.5, 0.6) is 0 Å². The fraction of sp³-hybridized carbons (Fsp3) is 0.235. The Morgan fingerprint density at radius 2 is 1.54 bits per heavy atom. The first-order chi connectivity index (χ1) is 11.2. The van der Waals surface area contributed by atoms with Crippen LogP contribution < -0.4 is 5.32 Å². The number of nitro groups is 1. The van der Waals surface area contributed by atoms with Gasteiger partial charge in [-0.3, -0.25) is 14.9 Å².